The van der Waals surface area contributed by atoms with Crippen molar-refractivity contribution in [3.8, 4) is 11.3 Å². The van der Waals surface area contributed by atoms with E-state index in [0.29, 0.717) is 13.1 Å². The number of fused-ring (bicyclic) bond motifs is 1. The summed E-state index contributed by atoms with van der Waals surface area (Å²) in [7, 11) is 0. The number of benzene rings is 1. The van der Waals surface area contributed by atoms with Gasteiger partial charge in [-0.25, -0.2) is 8.78 Å². The maximum absolute atomic E-state index is 13.5. The van der Waals surface area contributed by atoms with Gasteiger partial charge >= 0.3 is 0 Å². The highest BCUT2D eigenvalue weighted by Gasteiger charge is 2.16. The highest BCUT2D eigenvalue weighted by molar-refractivity contribution is 5.66. The van der Waals surface area contributed by atoms with Crippen LogP contribution in [0.3, 0.4) is 0 Å². The van der Waals surface area contributed by atoms with Crippen LogP contribution in [-0.4, -0.2) is 28.0 Å². The summed E-state index contributed by atoms with van der Waals surface area (Å²) >= 11 is 0. The number of aromatic nitrogens is 2. The lowest BCUT2D eigenvalue weighted by Gasteiger charge is -2.20. The molecule has 1 aliphatic rings. The first-order valence-corrected chi connectivity index (χ1v) is 8.90. The molecule has 0 fully saturated rings. The Morgan fingerprint density at radius 3 is 2.78 bits per heavy atom. The summed E-state index contributed by atoms with van der Waals surface area (Å²) in [6.07, 6.45) is 3.67. The van der Waals surface area contributed by atoms with Gasteiger partial charge in [0.2, 0.25) is 0 Å². The van der Waals surface area contributed by atoms with E-state index in [4.69, 9.17) is 0 Å². The van der Waals surface area contributed by atoms with Gasteiger partial charge in [-0.2, -0.15) is 0 Å². The van der Waals surface area contributed by atoms with Gasteiger partial charge in [-0.3, -0.25) is 14.9 Å². The van der Waals surface area contributed by atoms with E-state index in [2.05, 4.69) is 26.3 Å². The second kappa shape index (κ2) is 7.40. The van der Waals surface area contributed by atoms with E-state index in [9.17, 15) is 8.78 Å². The van der Waals surface area contributed by atoms with Gasteiger partial charge in [0.25, 0.3) is 0 Å². The van der Waals surface area contributed by atoms with Crippen molar-refractivity contribution in [1.29, 1.82) is 0 Å². The molecular weight excluding hydrogens is 346 g/mol. The Bertz CT molecular complexity index is 974. The topological polar surface area (TPSA) is 41.1 Å². The molecule has 0 bridgehead atoms. The Morgan fingerprint density at radius 2 is 1.96 bits per heavy atom. The van der Waals surface area contributed by atoms with E-state index < -0.39 is 11.6 Å². The lowest BCUT2D eigenvalue weighted by molar-refractivity contribution is 0.271. The number of aryl methyl sites for hydroxylation is 1. The molecule has 0 atom stereocenters. The minimum absolute atomic E-state index is 0.559. The van der Waals surface area contributed by atoms with E-state index in [1.165, 1.54) is 12.1 Å². The fraction of sp³-hybridized carbons (Fsp3) is 0.238. The largest absolute Gasteiger partial charge is 0.383 e. The molecule has 0 saturated heterocycles. The number of nitrogens with one attached hydrogen (secondary N) is 1. The molecule has 4 rings (SSSR count). The van der Waals surface area contributed by atoms with Gasteiger partial charge < -0.3 is 5.32 Å². The molecule has 138 valence electrons. The molecule has 0 saturated carbocycles. The summed E-state index contributed by atoms with van der Waals surface area (Å²) in [5, 5.41) is 3.45. The van der Waals surface area contributed by atoms with Crippen molar-refractivity contribution in [3.63, 3.8) is 0 Å². The van der Waals surface area contributed by atoms with Crippen molar-refractivity contribution in [2.75, 3.05) is 18.4 Å². The number of rotatable bonds is 3. The standard InChI is InChI=1S/C21H20F2N4/c1-14-8-16(4-5-24-14)20-10-21-17(11-26-20)13-27(7-6-25-21)12-15-2-3-18(22)19(23)9-15/h2-5,8-11,25H,6-7,12-13H2,1H3. The van der Waals surface area contributed by atoms with Gasteiger partial charge in [0, 0.05) is 61.1 Å². The first-order valence-electron chi connectivity index (χ1n) is 8.90. The molecule has 1 N–H and O–H groups in total. The van der Waals surface area contributed by atoms with Gasteiger partial charge in [-0.05, 0) is 42.8 Å². The first kappa shape index (κ1) is 17.5. The van der Waals surface area contributed by atoms with Crippen LogP contribution in [0.2, 0.25) is 0 Å². The summed E-state index contributed by atoms with van der Waals surface area (Å²) in [6.45, 7) is 4.79. The first-order chi connectivity index (χ1) is 13.1. The fourth-order valence-electron chi connectivity index (χ4n) is 3.34. The van der Waals surface area contributed by atoms with Crippen molar-refractivity contribution < 1.29 is 8.78 Å². The maximum Gasteiger partial charge on any atom is 0.159 e. The van der Waals surface area contributed by atoms with E-state index >= 15 is 0 Å². The van der Waals surface area contributed by atoms with E-state index in [0.717, 1.165) is 46.9 Å². The third kappa shape index (κ3) is 3.95. The van der Waals surface area contributed by atoms with Crippen molar-refractivity contribution in [2.24, 2.45) is 0 Å². The zero-order chi connectivity index (χ0) is 18.8. The van der Waals surface area contributed by atoms with Crippen LogP contribution in [0.15, 0.2) is 48.8 Å². The molecule has 3 heterocycles. The van der Waals surface area contributed by atoms with Crippen molar-refractivity contribution in [1.82, 2.24) is 14.9 Å². The number of hydrogen-bond donors (Lipinski definition) is 1. The van der Waals surface area contributed by atoms with E-state index in [1.807, 2.05) is 25.3 Å². The van der Waals surface area contributed by atoms with E-state index in [-0.39, 0.29) is 0 Å². The fourth-order valence-corrected chi connectivity index (χ4v) is 3.34. The van der Waals surface area contributed by atoms with Crippen LogP contribution in [0.4, 0.5) is 14.5 Å². The quantitative estimate of drug-likeness (QED) is 0.756. The highest BCUT2D eigenvalue weighted by Crippen LogP contribution is 2.26. The summed E-state index contributed by atoms with van der Waals surface area (Å²) in [5.41, 5.74) is 5.80. The SMILES string of the molecule is Cc1cc(-c2cc3c(cn2)CN(Cc2ccc(F)c(F)c2)CCN3)ccn1. The Morgan fingerprint density at radius 1 is 1.07 bits per heavy atom. The van der Waals surface area contributed by atoms with Crippen LogP contribution in [0.5, 0.6) is 0 Å². The normalized spacial score (nSPS) is 14.3. The van der Waals surface area contributed by atoms with E-state index in [1.54, 1.807) is 12.3 Å². The molecule has 0 aliphatic carbocycles. The Kier molecular flexibility index (Phi) is 4.81. The van der Waals surface area contributed by atoms with Gasteiger partial charge in [-0.1, -0.05) is 6.07 Å². The van der Waals surface area contributed by atoms with Crippen LogP contribution in [0.25, 0.3) is 11.3 Å². The number of halogens is 2. The van der Waals surface area contributed by atoms with Crippen molar-refractivity contribution >= 4 is 5.69 Å². The van der Waals surface area contributed by atoms with Crippen molar-refractivity contribution in [2.45, 2.75) is 20.0 Å². The maximum atomic E-state index is 13.5. The molecule has 0 spiro atoms. The Hall–Kier alpha value is -2.86. The van der Waals surface area contributed by atoms with Gasteiger partial charge in [0.15, 0.2) is 11.6 Å². The Balaban J connectivity index is 1.55. The average molecular weight is 366 g/mol. The number of hydrogen-bond acceptors (Lipinski definition) is 4. The zero-order valence-electron chi connectivity index (χ0n) is 15.0. The zero-order valence-corrected chi connectivity index (χ0v) is 15.0. The monoisotopic (exact) mass is 366 g/mol. The molecule has 1 aliphatic heterocycles. The highest BCUT2D eigenvalue weighted by atomic mass is 19.2. The second-order valence-electron chi connectivity index (χ2n) is 6.80. The third-order valence-corrected chi connectivity index (χ3v) is 4.71. The average Bonchev–Trinajstić information content (AvgIpc) is 2.86. The minimum Gasteiger partial charge on any atom is -0.383 e. The molecule has 0 unspecified atom stereocenters. The molecule has 1 aromatic carbocycles. The van der Waals surface area contributed by atoms with Crippen LogP contribution < -0.4 is 5.32 Å². The predicted octanol–water partition coefficient (Wildman–Crippen LogP) is 4.16. The van der Waals surface area contributed by atoms with Crippen LogP contribution in [-0.2, 0) is 13.1 Å². The van der Waals surface area contributed by atoms with Crippen molar-refractivity contribution in [3.05, 3.63) is 77.2 Å². The van der Waals surface area contributed by atoms with Gasteiger partial charge in [0.05, 0.1) is 5.69 Å². The van der Waals surface area contributed by atoms with Crippen LogP contribution in [0, 0.1) is 18.6 Å². The molecule has 3 aromatic rings. The summed E-state index contributed by atoms with van der Waals surface area (Å²) < 4.78 is 26.6. The Labute approximate surface area is 156 Å². The number of nitrogens with zero attached hydrogens (tertiary/aromatic N) is 3. The predicted molar refractivity (Wildman–Crippen MR) is 101 cm³/mol. The molecular formula is C21H20F2N4. The third-order valence-electron chi connectivity index (χ3n) is 4.71. The van der Waals surface area contributed by atoms with Gasteiger partial charge in [0.1, 0.15) is 0 Å². The number of anilines is 1. The summed E-state index contributed by atoms with van der Waals surface area (Å²) in [4.78, 5) is 11.0. The second-order valence-corrected chi connectivity index (χ2v) is 6.80. The number of pyridine rings is 2. The lowest BCUT2D eigenvalue weighted by Crippen LogP contribution is -2.25. The summed E-state index contributed by atoms with van der Waals surface area (Å²) in [5.74, 6) is -1.62. The lowest BCUT2D eigenvalue weighted by atomic mass is 10.1. The molecule has 2 aromatic heterocycles. The molecule has 6 heteroatoms. The molecule has 4 nitrogen and oxygen atoms in total. The van der Waals surface area contributed by atoms with Crippen LogP contribution in [0.1, 0.15) is 16.8 Å². The molecule has 0 amide bonds. The molecule has 27 heavy (non-hydrogen) atoms. The smallest absolute Gasteiger partial charge is 0.159 e. The van der Waals surface area contributed by atoms with Crippen LogP contribution >= 0.6 is 0 Å². The van der Waals surface area contributed by atoms with Gasteiger partial charge in [-0.15, -0.1) is 0 Å². The molecule has 0 radical (unpaired) electrons. The minimum atomic E-state index is -0.815. The summed E-state index contributed by atoms with van der Waals surface area (Å²) in [6, 6.07) is 10.1.